The average Bonchev–Trinajstić information content (AvgIpc) is 1.85. The first kappa shape index (κ1) is 3.24. The largest absolute Gasteiger partial charge is 0.348 e. The van der Waals surface area contributed by atoms with E-state index in [0.717, 1.165) is 0 Å². The highest BCUT2D eigenvalue weighted by Gasteiger charge is 2.13. The van der Waals surface area contributed by atoms with Gasteiger partial charge < -0.3 is 4.98 Å². The van der Waals surface area contributed by atoms with Gasteiger partial charge in [0, 0.05) is 5.69 Å². The predicted molar refractivity (Wildman–Crippen MR) is 26.0 cm³/mol. The molecule has 1 N–H and O–H groups in total. The predicted octanol–water partition coefficient (Wildman–Crippen LogP) is 0.508. The number of rotatable bonds is 0. The van der Waals surface area contributed by atoms with Gasteiger partial charge in [-0.05, 0) is 12.8 Å². The lowest BCUT2D eigenvalue weighted by molar-refractivity contribution is 0.790. The maximum Gasteiger partial charge on any atom is 0.0925 e. The van der Waals surface area contributed by atoms with Crippen LogP contribution < -0.4 is 0 Å². The second kappa shape index (κ2) is 0.886. The van der Waals surface area contributed by atoms with Gasteiger partial charge in [0.05, 0.1) is 12.0 Å². The average molecular weight is 94.1 g/mol. The summed E-state index contributed by atoms with van der Waals surface area (Å²) >= 11 is 0. The van der Waals surface area contributed by atoms with Gasteiger partial charge in [-0.25, -0.2) is 4.98 Å². The van der Waals surface area contributed by atoms with Gasteiger partial charge in [-0.3, -0.25) is 0 Å². The molecule has 0 saturated carbocycles. The van der Waals surface area contributed by atoms with Crippen molar-refractivity contribution in [1.82, 2.24) is 9.97 Å². The maximum atomic E-state index is 4.05. The van der Waals surface area contributed by atoms with E-state index in [1.54, 1.807) is 6.33 Å². The Bertz CT molecular complexity index is 159. The van der Waals surface area contributed by atoms with Crippen LogP contribution >= 0.6 is 0 Å². The number of nitrogens with one attached hydrogen (secondary N) is 1. The number of hydrogen-bond acceptors (Lipinski definition) is 1. The van der Waals surface area contributed by atoms with E-state index in [0.29, 0.717) is 0 Å². The highest BCUT2D eigenvalue weighted by atomic mass is 14.9. The number of aromatic nitrogens is 2. The zero-order valence-corrected chi connectivity index (χ0v) is 3.94. The van der Waals surface area contributed by atoms with Gasteiger partial charge >= 0.3 is 0 Å². The Kier molecular flexibility index (Phi) is 0.410. The highest BCUT2D eigenvalue weighted by Crippen LogP contribution is 2.15. The monoisotopic (exact) mass is 94.1 g/mol. The second-order valence-corrected chi connectivity index (χ2v) is 1.83. The Hall–Kier alpha value is -0.790. The van der Waals surface area contributed by atoms with Crippen LogP contribution in [0.2, 0.25) is 0 Å². The van der Waals surface area contributed by atoms with E-state index in [-0.39, 0.29) is 0 Å². The van der Waals surface area contributed by atoms with E-state index < -0.39 is 0 Å². The molecule has 1 aliphatic carbocycles. The van der Waals surface area contributed by atoms with E-state index >= 15 is 0 Å². The number of aromatic amines is 1. The van der Waals surface area contributed by atoms with E-state index in [1.165, 1.54) is 24.2 Å². The van der Waals surface area contributed by atoms with Crippen molar-refractivity contribution in [3.05, 3.63) is 17.7 Å². The fourth-order valence-corrected chi connectivity index (χ4v) is 0.848. The molecule has 0 fully saturated rings. The summed E-state index contributed by atoms with van der Waals surface area (Å²) in [4.78, 5) is 7.09. The minimum Gasteiger partial charge on any atom is -0.348 e. The fourth-order valence-electron chi connectivity index (χ4n) is 0.848. The third-order valence-electron chi connectivity index (χ3n) is 1.42. The van der Waals surface area contributed by atoms with Crippen LogP contribution in [0, 0.1) is 0 Å². The topological polar surface area (TPSA) is 28.7 Å². The highest BCUT2D eigenvalue weighted by molar-refractivity contribution is 5.20. The van der Waals surface area contributed by atoms with Crippen LogP contribution in [0.4, 0.5) is 0 Å². The zero-order valence-electron chi connectivity index (χ0n) is 3.94. The van der Waals surface area contributed by atoms with E-state index in [9.17, 15) is 0 Å². The standard InChI is InChI=1S/C5H6N2/c1-2-5-4(1)6-3-7-5/h3H,1-2H2,(H,6,7). The fraction of sp³-hybridized carbons (Fsp3) is 0.400. The lowest BCUT2D eigenvalue weighted by atomic mass is 10.0. The molecular weight excluding hydrogens is 88.1 g/mol. The van der Waals surface area contributed by atoms with Crippen molar-refractivity contribution in [2.75, 3.05) is 0 Å². The van der Waals surface area contributed by atoms with Crippen molar-refractivity contribution in [3.63, 3.8) is 0 Å². The third-order valence-corrected chi connectivity index (χ3v) is 1.42. The Morgan fingerprint density at radius 2 is 2.57 bits per heavy atom. The molecule has 0 bridgehead atoms. The number of H-pyrrole nitrogens is 1. The van der Waals surface area contributed by atoms with Crippen LogP contribution in [0.1, 0.15) is 11.4 Å². The van der Waals surface area contributed by atoms with Crippen LogP contribution in [0.25, 0.3) is 0 Å². The smallest absolute Gasteiger partial charge is 0.0925 e. The Balaban J connectivity index is 2.69. The second-order valence-electron chi connectivity index (χ2n) is 1.83. The van der Waals surface area contributed by atoms with Gasteiger partial charge in [-0.15, -0.1) is 0 Å². The van der Waals surface area contributed by atoms with Crippen molar-refractivity contribution >= 4 is 0 Å². The van der Waals surface area contributed by atoms with Crippen molar-refractivity contribution in [3.8, 4) is 0 Å². The molecule has 0 atom stereocenters. The molecule has 36 valence electrons. The summed E-state index contributed by atoms with van der Waals surface area (Å²) in [5.41, 5.74) is 2.60. The first-order valence-corrected chi connectivity index (χ1v) is 2.48. The van der Waals surface area contributed by atoms with E-state index in [4.69, 9.17) is 0 Å². The minimum absolute atomic E-state index is 1.18. The number of nitrogens with zero attached hydrogens (tertiary/aromatic N) is 1. The van der Waals surface area contributed by atoms with Gasteiger partial charge in [0.2, 0.25) is 0 Å². The minimum atomic E-state index is 1.18. The molecular formula is C5H6N2. The zero-order chi connectivity index (χ0) is 4.69. The summed E-state index contributed by atoms with van der Waals surface area (Å²) in [6.45, 7) is 0. The molecule has 1 aromatic heterocycles. The molecule has 0 radical (unpaired) electrons. The van der Waals surface area contributed by atoms with Crippen LogP contribution in [0.3, 0.4) is 0 Å². The van der Waals surface area contributed by atoms with Gasteiger partial charge in [-0.2, -0.15) is 0 Å². The molecule has 2 nitrogen and oxygen atoms in total. The molecule has 0 aromatic carbocycles. The lowest BCUT2D eigenvalue weighted by Crippen LogP contribution is -2.06. The first-order chi connectivity index (χ1) is 3.47. The molecule has 1 aliphatic rings. The summed E-state index contributed by atoms with van der Waals surface area (Å²) in [5, 5.41) is 0. The van der Waals surface area contributed by atoms with Crippen molar-refractivity contribution < 1.29 is 0 Å². The van der Waals surface area contributed by atoms with Crippen molar-refractivity contribution in [2.24, 2.45) is 0 Å². The lowest BCUT2D eigenvalue weighted by Gasteiger charge is -2.07. The van der Waals surface area contributed by atoms with E-state index in [2.05, 4.69) is 9.97 Å². The van der Waals surface area contributed by atoms with Crippen molar-refractivity contribution in [1.29, 1.82) is 0 Å². The molecule has 2 rings (SSSR count). The molecule has 0 amide bonds. The summed E-state index contributed by atoms with van der Waals surface area (Å²) in [5.74, 6) is 0. The number of aryl methyl sites for hydroxylation is 2. The van der Waals surface area contributed by atoms with E-state index in [1.807, 2.05) is 0 Å². The molecule has 7 heavy (non-hydrogen) atoms. The number of fused-ring (bicyclic) bond motifs is 1. The maximum absolute atomic E-state index is 4.05. The molecule has 0 saturated heterocycles. The van der Waals surface area contributed by atoms with Gasteiger partial charge in [-0.1, -0.05) is 0 Å². The van der Waals surface area contributed by atoms with Crippen LogP contribution in [0.5, 0.6) is 0 Å². The first-order valence-electron chi connectivity index (χ1n) is 2.48. The van der Waals surface area contributed by atoms with Gasteiger partial charge in [0.25, 0.3) is 0 Å². The molecule has 1 aromatic rings. The van der Waals surface area contributed by atoms with Gasteiger partial charge in [0.1, 0.15) is 0 Å². The normalized spacial score (nSPS) is 15.4. The summed E-state index contributed by atoms with van der Waals surface area (Å²) in [7, 11) is 0. The van der Waals surface area contributed by atoms with Crippen molar-refractivity contribution in [2.45, 2.75) is 12.8 Å². The number of imidazole rings is 1. The molecule has 0 spiro atoms. The van der Waals surface area contributed by atoms with Gasteiger partial charge in [0.15, 0.2) is 0 Å². The summed E-state index contributed by atoms with van der Waals surface area (Å²) in [6.07, 6.45) is 4.14. The van der Waals surface area contributed by atoms with Crippen LogP contribution in [-0.4, -0.2) is 9.97 Å². The van der Waals surface area contributed by atoms with Crippen LogP contribution in [-0.2, 0) is 12.8 Å². The molecule has 1 heterocycles. The molecule has 0 aliphatic heterocycles. The molecule has 0 unspecified atom stereocenters. The van der Waals surface area contributed by atoms with Crippen LogP contribution in [0.15, 0.2) is 6.33 Å². The quantitative estimate of drug-likeness (QED) is 0.498. The summed E-state index contributed by atoms with van der Waals surface area (Å²) in [6, 6.07) is 0. The SMILES string of the molecule is c1nc2c([nH]1)CC2. The third kappa shape index (κ3) is 0.266. The number of hydrogen-bond donors (Lipinski definition) is 1. The summed E-state index contributed by atoms with van der Waals surface area (Å²) < 4.78 is 0. The Morgan fingerprint density at radius 3 is 2.86 bits per heavy atom. The Labute approximate surface area is 41.6 Å². The molecule has 2 heteroatoms. The Morgan fingerprint density at radius 1 is 1.57 bits per heavy atom.